The Labute approximate surface area is 133 Å². The maximum Gasteiger partial charge on any atom is 0.121 e. The zero-order chi connectivity index (χ0) is 15.0. The lowest BCUT2D eigenvalue weighted by Gasteiger charge is -2.08. The van der Waals surface area contributed by atoms with E-state index in [1.807, 2.05) is 48.0 Å². The van der Waals surface area contributed by atoms with Crippen LogP contribution in [0.1, 0.15) is 11.3 Å². The molecule has 108 valence electrons. The van der Waals surface area contributed by atoms with Crippen LogP contribution in [0.25, 0.3) is 10.9 Å². The fraction of sp³-hybridized carbons (Fsp3) is 0.188. The molecule has 21 heavy (non-hydrogen) atoms. The first-order valence-electron chi connectivity index (χ1n) is 6.54. The molecule has 3 aromatic rings. The first-order chi connectivity index (χ1) is 10.1. The topological polar surface area (TPSA) is 27.1 Å². The predicted octanol–water partition coefficient (Wildman–Crippen LogP) is 4.71. The van der Waals surface area contributed by atoms with Gasteiger partial charge in [0.2, 0.25) is 0 Å². The van der Waals surface area contributed by atoms with E-state index >= 15 is 0 Å². The van der Waals surface area contributed by atoms with Crippen LogP contribution in [0.5, 0.6) is 5.75 Å². The first kappa shape index (κ1) is 14.2. The summed E-state index contributed by atoms with van der Waals surface area (Å²) in [7, 11) is 1.65. The second kappa shape index (κ2) is 5.58. The number of rotatable bonds is 3. The lowest BCUT2D eigenvalue weighted by atomic mass is 10.2. The molecule has 0 bridgehead atoms. The normalized spacial score (nSPS) is 11.0. The van der Waals surface area contributed by atoms with Crippen LogP contribution in [-0.4, -0.2) is 16.9 Å². The molecule has 0 spiro atoms. The van der Waals surface area contributed by atoms with Crippen LogP contribution in [0.3, 0.4) is 0 Å². The van der Waals surface area contributed by atoms with Crippen molar-refractivity contribution in [2.75, 3.05) is 7.11 Å². The van der Waals surface area contributed by atoms with E-state index in [0.717, 1.165) is 27.9 Å². The van der Waals surface area contributed by atoms with Crippen LogP contribution < -0.4 is 4.74 Å². The van der Waals surface area contributed by atoms with Crippen molar-refractivity contribution in [1.82, 2.24) is 9.78 Å². The predicted molar refractivity (Wildman–Crippen MR) is 86.6 cm³/mol. The fourth-order valence-corrected chi connectivity index (χ4v) is 2.92. The van der Waals surface area contributed by atoms with E-state index in [-0.39, 0.29) is 0 Å². The van der Waals surface area contributed by atoms with E-state index in [1.165, 1.54) is 0 Å². The number of fused-ring (bicyclic) bond motifs is 1. The van der Waals surface area contributed by atoms with Gasteiger partial charge in [-0.1, -0.05) is 29.3 Å². The minimum absolute atomic E-state index is 0.524. The standard InChI is InChI=1S/C16H14Cl2N2O/c1-10-12-7-6-11(21-2)8-16(12)20(19-10)9-13-14(17)4-3-5-15(13)18/h3-8H,9H2,1-2H3. The fourth-order valence-electron chi connectivity index (χ4n) is 2.40. The second-order valence-electron chi connectivity index (χ2n) is 4.83. The third-order valence-corrected chi connectivity index (χ3v) is 4.22. The molecule has 1 heterocycles. The molecule has 0 saturated heterocycles. The molecule has 0 amide bonds. The number of ether oxygens (including phenoxy) is 1. The van der Waals surface area contributed by atoms with Crippen LogP contribution in [0.15, 0.2) is 36.4 Å². The second-order valence-corrected chi connectivity index (χ2v) is 5.64. The molecule has 3 rings (SSSR count). The average molecular weight is 321 g/mol. The molecule has 0 N–H and O–H groups in total. The van der Waals surface area contributed by atoms with Gasteiger partial charge in [-0.15, -0.1) is 0 Å². The van der Waals surface area contributed by atoms with Gasteiger partial charge in [0.15, 0.2) is 0 Å². The van der Waals surface area contributed by atoms with Crippen molar-refractivity contribution < 1.29 is 4.74 Å². The summed E-state index contributed by atoms with van der Waals surface area (Å²) in [5.41, 5.74) is 2.84. The Hall–Kier alpha value is -1.71. The number of nitrogens with zero attached hydrogens (tertiary/aromatic N) is 2. The Balaban J connectivity index is 2.12. The van der Waals surface area contributed by atoms with E-state index < -0.39 is 0 Å². The summed E-state index contributed by atoms with van der Waals surface area (Å²) in [5, 5.41) is 6.97. The largest absolute Gasteiger partial charge is 0.497 e. The summed E-state index contributed by atoms with van der Waals surface area (Å²) in [4.78, 5) is 0. The van der Waals surface area contributed by atoms with Crippen LogP contribution in [-0.2, 0) is 6.54 Å². The van der Waals surface area contributed by atoms with Gasteiger partial charge in [0.1, 0.15) is 5.75 Å². The van der Waals surface area contributed by atoms with Crippen LogP contribution in [0.4, 0.5) is 0 Å². The van der Waals surface area contributed by atoms with Gasteiger partial charge in [0.25, 0.3) is 0 Å². The lowest BCUT2D eigenvalue weighted by molar-refractivity contribution is 0.415. The highest BCUT2D eigenvalue weighted by atomic mass is 35.5. The summed E-state index contributed by atoms with van der Waals surface area (Å²) >= 11 is 12.5. The Kier molecular flexibility index (Phi) is 3.79. The molecule has 0 aliphatic carbocycles. The Morgan fingerprint density at radius 3 is 2.52 bits per heavy atom. The van der Waals surface area contributed by atoms with Crippen LogP contribution in [0.2, 0.25) is 10.0 Å². The number of aromatic nitrogens is 2. The molecular weight excluding hydrogens is 307 g/mol. The zero-order valence-corrected chi connectivity index (χ0v) is 13.2. The summed E-state index contributed by atoms with van der Waals surface area (Å²) in [6.45, 7) is 2.51. The van der Waals surface area contributed by atoms with Crippen molar-refractivity contribution >= 4 is 34.1 Å². The molecule has 5 heteroatoms. The van der Waals surface area contributed by atoms with Crippen molar-refractivity contribution in [3.63, 3.8) is 0 Å². The average Bonchev–Trinajstić information content (AvgIpc) is 2.79. The minimum Gasteiger partial charge on any atom is -0.497 e. The number of benzene rings is 2. The van der Waals surface area contributed by atoms with E-state index in [4.69, 9.17) is 27.9 Å². The van der Waals surface area contributed by atoms with Crippen molar-refractivity contribution in [2.45, 2.75) is 13.5 Å². The highest BCUT2D eigenvalue weighted by molar-refractivity contribution is 6.36. The number of methoxy groups -OCH3 is 1. The molecule has 0 aliphatic heterocycles. The van der Waals surface area contributed by atoms with Crippen LogP contribution >= 0.6 is 23.2 Å². The molecule has 1 aromatic heterocycles. The van der Waals surface area contributed by atoms with Gasteiger partial charge in [0.05, 0.1) is 24.9 Å². The van der Waals surface area contributed by atoms with E-state index in [9.17, 15) is 0 Å². The SMILES string of the molecule is COc1ccc2c(C)nn(Cc3c(Cl)cccc3Cl)c2c1. The number of hydrogen-bond acceptors (Lipinski definition) is 2. The monoisotopic (exact) mass is 320 g/mol. The highest BCUT2D eigenvalue weighted by Crippen LogP contribution is 2.28. The number of hydrogen-bond donors (Lipinski definition) is 0. The van der Waals surface area contributed by atoms with Crippen molar-refractivity contribution in [3.8, 4) is 5.75 Å². The van der Waals surface area contributed by atoms with E-state index in [2.05, 4.69) is 5.10 Å². The zero-order valence-electron chi connectivity index (χ0n) is 11.7. The summed E-state index contributed by atoms with van der Waals surface area (Å²) < 4.78 is 7.19. The van der Waals surface area contributed by atoms with Gasteiger partial charge in [-0.05, 0) is 31.2 Å². The van der Waals surface area contributed by atoms with Gasteiger partial charge >= 0.3 is 0 Å². The Morgan fingerprint density at radius 1 is 1.14 bits per heavy atom. The van der Waals surface area contributed by atoms with Crippen molar-refractivity contribution in [3.05, 3.63) is 57.7 Å². The number of halogens is 2. The molecule has 0 fully saturated rings. The molecule has 0 unspecified atom stereocenters. The highest BCUT2D eigenvalue weighted by Gasteiger charge is 2.12. The molecule has 0 saturated carbocycles. The van der Waals surface area contributed by atoms with Crippen molar-refractivity contribution in [1.29, 1.82) is 0 Å². The van der Waals surface area contributed by atoms with Gasteiger partial charge in [-0.25, -0.2) is 0 Å². The summed E-state index contributed by atoms with van der Waals surface area (Å²) in [5.74, 6) is 0.800. The summed E-state index contributed by atoms with van der Waals surface area (Å²) in [6, 6.07) is 11.4. The lowest BCUT2D eigenvalue weighted by Crippen LogP contribution is -2.03. The molecule has 2 aromatic carbocycles. The van der Waals surface area contributed by atoms with Gasteiger partial charge < -0.3 is 4.74 Å². The smallest absolute Gasteiger partial charge is 0.121 e. The van der Waals surface area contributed by atoms with Gasteiger partial charge in [-0.2, -0.15) is 5.10 Å². The maximum atomic E-state index is 6.25. The third-order valence-electron chi connectivity index (χ3n) is 3.51. The minimum atomic E-state index is 0.524. The quantitative estimate of drug-likeness (QED) is 0.698. The maximum absolute atomic E-state index is 6.25. The number of aryl methyl sites for hydroxylation is 1. The van der Waals surface area contributed by atoms with Crippen LogP contribution in [0, 0.1) is 6.92 Å². The Bertz CT molecular complexity index is 791. The molecule has 0 radical (unpaired) electrons. The molecule has 3 nitrogen and oxygen atoms in total. The molecule has 0 aliphatic rings. The Morgan fingerprint density at radius 2 is 1.86 bits per heavy atom. The molecular formula is C16H14Cl2N2O. The summed E-state index contributed by atoms with van der Waals surface area (Å²) in [6.07, 6.45) is 0. The van der Waals surface area contributed by atoms with Crippen molar-refractivity contribution in [2.24, 2.45) is 0 Å². The van der Waals surface area contributed by atoms with E-state index in [0.29, 0.717) is 16.6 Å². The first-order valence-corrected chi connectivity index (χ1v) is 7.30. The molecule has 0 atom stereocenters. The van der Waals surface area contributed by atoms with Gasteiger partial charge in [0, 0.05) is 27.1 Å². The van der Waals surface area contributed by atoms with E-state index in [1.54, 1.807) is 7.11 Å². The third kappa shape index (κ3) is 2.59. The van der Waals surface area contributed by atoms with Gasteiger partial charge in [-0.3, -0.25) is 4.68 Å².